The predicted octanol–water partition coefficient (Wildman–Crippen LogP) is 3.06. The maximum Gasteiger partial charge on any atom is 0.414 e. The van der Waals surface area contributed by atoms with Crippen molar-refractivity contribution >= 4 is 23.4 Å². The Labute approximate surface area is 162 Å². The molecule has 0 aliphatic heterocycles. The molecule has 0 spiro atoms. The molecule has 0 bridgehead atoms. The summed E-state index contributed by atoms with van der Waals surface area (Å²) >= 11 is 0. The number of halogens is 1. The number of carbonyl (C=O) groups excluding carboxylic acids is 1. The highest BCUT2D eigenvalue weighted by molar-refractivity contribution is 6.08. The molecule has 1 unspecified atom stereocenters. The maximum atomic E-state index is 12.8. The van der Waals surface area contributed by atoms with Gasteiger partial charge in [0.1, 0.15) is 11.3 Å². The van der Waals surface area contributed by atoms with E-state index in [0.29, 0.717) is 5.65 Å². The topological polar surface area (TPSA) is 101 Å². The number of aromatic nitrogens is 3. The smallest absolute Gasteiger partial charge is 0.414 e. The van der Waals surface area contributed by atoms with Gasteiger partial charge in [-0.05, 0) is 44.4 Å². The lowest BCUT2D eigenvalue weighted by Crippen LogP contribution is -2.15. The highest BCUT2D eigenvalue weighted by Crippen LogP contribution is 2.19. The van der Waals surface area contributed by atoms with Gasteiger partial charge in [0.25, 0.3) is 0 Å². The summed E-state index contributed by atoms with van der Waals surface area (Å²) in [6, 6.07) is 3.60. The number of hydrogen-bond acceptors (Lipinski definition) is 6. The van der Waals surface area contributed by atoms with Crippen LogP contribution in [0.3, 0.4) is 0 Å². The summed E-state index contributed by atoms with van der Waals surface area (Å²) in [5.74, 6) is 5.10. The number of carbonyl (C=O) groups is 1. The molecule has 9 heteroatoms. The van der Waals surface area contributed by atoms with Crippen molar-refractivity contribution in [3.05, 3.63) is 36.0 Å². The van der Waals surface area contributed by atoms with Crippen molar-refractivity contribution < 1.29 is 19.1 Å². The fourth-order valence-corrected chi connectivity index (χ4v) is 2.17. The molecule has 2 rings (SSSR count). The molecule has 2 N–H and O–H groups in total. The number of ether oxygens (including phenoxy) is 1. The van der Waals surface area contributed by atoms with Crippen molar-refractivity contribution in [2.45, 2.75) is 39.2 Å². The highest BCUT2D eigenvalue weighted by Gasteiger charge is 2.12. The van der Waals surface area contributed by atoms with E-state index in [9.17, 15) is 14.4 Å². The molecule has 28 heavy (non-hydrogen) atoms. The van der Waals surface area contributed by atoms with Crippen LogP contribution < -0.4 is 5.32 Å². The van der Waals surface area contributed by atoms with Gasteiger partial charge in [-0.3, -0.25) is 9.72 Å². The van der Waals surface area contributed by atoms with Crippen LogP contribution in [0, 0.1) is 11.8 Å². The van der Waals surface area contributed by atoms with Crippen LogP contribution in [0.4, 0.5) is 15.2 Å². The molecular weight excluding hydrogens is 365 g/mol. The molecule has 0 fully saturated rings. The molecule has 8 nitrogen and oxygen atoms in total. The van der Waals surface area contributed by atoms with Crippen LogP contribution in [0.15, 0.2) is 35.7 Å². The van der Waals surface area contributed by atoms with Crippen LogP contribution in [-0.2, 0) is 4.74 Å². The quantitative estimate of drug-likeness (QED) is 0.607. The van der Waals surface area contributed by atoms with Gasteiger partial charge >= 0.3 is 6.09 Å². The van der Waals surface area contributed by atoms with Gasteiger partial charge in [0.05, 0.1) is 6.61 Å². The highest BCUT2D eigenvalue weighted by atomic mass is 19.2. The Morgan fingerprint density at radius 3 is 2.89 bits per heavy atom. The van der Waals surface area contributed by atoms with Gasteiger partial charge < -0.3 is 9.84 Å². The lowest BCUT2D eigenvalue weighted by atomic mass is 10.0. The van der Waals surface area contributed by atoms with Crippen LogP contribution >= 0.6 is 0 Å². The largest absolute Gasteiger partial charge is 0.450 e. The molecule has 0 radical (unpaired) electrons. The molecule has 1 amide bonds. The second-order valence-electron chi connectivity index (χ2n) is 6.49. The maximum absolute atomic E-state index is 12.8. The first kappa shape index (κ1) is 21.1. The minimum absolute atomic E-state index is 0.0935. The molecule has 2 heterocycles. The van der Waals surface area contributed by atoms with Crippen LogP contribution in [0.5, 0.6) is 0 Å². The van der Waals surface area contributed by atoms with Gasteiger partial charge in [-0.25, -0.2) is 4.79 Å². The fraction of sp³-hybridized carbons (Fsp3) is 0.368. The van der Waals surface area contributed by atoms with E-state index in [4.69, 9.17) is 4.74 Å². The Bertz CT molecular complexity index is 963. The number of fused-ring (bicyclic) bond motifs is 1. The third kappa shape index (κ3) is 5.89. The predicted molar refractivity (Wildman–Crippen MR) is 104 cm³/mol. The van der Waals surface area contributed by atoms with E-state index < -0.39 is 11.7 Å². The van der Waals surface area contributed by atoms with Crippen LogP contribution in [0.1, 0.15) is 39.2 Å². The zero-order valence-electron chi connectivity index (χ0n) is 16.1. The monoisotopic (exact) mass is 387 g/mol. The van der Waals surface area contributed by atoms with Crippen molar-refractivity contribution in [3.8, 4) is 11.8 Å². The van der Waals surface area contributed by atoms with E-state index in [1.54, 1.807) is 29.7 Å². The number of hydrogen-bond donors (Lipinski definition) is 2. The van der Waals surface area contributed by atoms with Crippen LogP contribution in [0.2, 0.25) is 0 Å². The van der Waals surface area contributed by atoms with Gasteiger partial charge in [0.15, 0.2) is 5.65 Å². The normalized spacial score (nSPS) is 13.3. The van der Waals surface area contributed by atoms with Crippen LogP contribution in [-0.4, -0.2) is 43.7 Å². The second-order valence-corrected chi connectivity index (χ2v) is 6.49. The zero-order valence-corrected chi connectivity index (χ0v) is 16.1. The molecule has 1 atom stereocenters. The van der Waals surface area contributed by atoms with Gasteiger partial charge in [-0.2, -0.15) is 0 Å². The molecular formula is C19H22FN5O3. The molecule has 0 saturated carbocycles. The lowest BCUT2D eigenvalue weighted by molar-refractivity contribution is 0.143. The first-order valence-corrected chi connectivity index (χ1v) is 8.64. The van der Waals surface area contributed by atoms with Gasteiger partial charge in [0.2, 0.25) is 5.95 Å². The van der Waals surface area contributed by atoms with Crippen molar-refractivity contribution in [1.29, 1.82) is 0 Å². The number of nitrogens with one attached hydrogen (secondary N) is 1. The van der Waals surface area contributed by atoms with E-state index in [1.807, 2.05) is 13.0 Å². The Morgan fingerprint density at radius 1 is 1.50 bits per heavy atom. The Hall–Kier alpha value is -3.25. The van der Waals surface area contributed by atoms with E-state index in [1.165, 1.54) is 19.9 Å². The minimum atomic E-state index is -1.24. The standard InChI is InChI=1S/C19H22FN5O3/c1-5-28-18(26)21-17-24-23-16-9-7-14(12-25(16)17)13(2)6-8-15(22-20)10-11-19(3,4)27/h6-9,12-13,27H,5H2,1-4H3,(H,21,24,26)/b8-6-,22-15?. The zero-order chi connectivity index (χ0) is 20.7. The van der Waals surface area contributed by atoms with Crippen molar-refractivity contribution in [2.75, 3.05) is 11.9 Å². The molecule has 2 aromatic heterocycles. The Morgan fingerprint density at radius 2 is 2.25 bits per heavy atom. The summed E-state index contributed by atoms with van der Waals surface area (Å²) in [4.78, 5) is 11.6. The summed E-state index contributed by atoms with van der Waals surface area (Å²) in [5, 5.41) is 22.6. The summed E-state index contributed by atoms with van der Waals surface area (Å²) in [6.45, 7) is 6.84. The lowest BCUT2D eigenvalue weighted by Gasteiger charge is -2.09. The average Bonchev–Trinajstić information content (AvgIpc) is 3.03. The molecule has 148 valence electrons. The van der Waals surface area contributed by atoms with Crippen LogP contribution in [0.25, 0.3) is 5.65 Å². The SMILES string of the molecule is CCOC(=O)Nc1nnc2ccc(C(C)/C=C\C(C#CC(C)(C)O)=NF)cn12. The van der Waals surface area contributed by atoms with Gasteiger partial charge in [0, 0.05) is 12.1 Å². The average molecular weight is 387 g/mol. The number of anilines is 1. The van der Waals surface area contributed by atoms with E-state index >= 15 is 0 Å². The summed E-state index contributed by atoms with van der Waals surface area (Å²) in [5.41, 5.74) is 0.0823. The molecule has 0 aromatic carbocycles. The Balaban J connectivity index is 2.21. The number of pyridine rings is 1. The number of aliphatic hydroxyl groups is 1. The molecule has 2 aromatic rings. The molecule has 0 aliphatic carbocycles. The van der Waals surface area contributed by atoms with E-state index in [2.05, 4.69) is 32.6 Å². The summed E-state index contributed by atoms with van der Waals surface area (Å²) < 4.78 is 19.2. The first-order chi connectivity index (χ1) is 13.2. The minimum Gasteiger partial charge on any atom is -0.450 e. The number of nitrogens with zero attached hydrogens (tertiary/aromatic N) is 4. The third-order valence-electron chi connectivity index (χ3n) is 3.57. The third-order valence-corrected chi connectivity index (χ3v) is 3.57. The number of amides is 1. The van der Waals surface area contributed by atoms with E-state index in [-0.39, 0.29) is 24.2 Å². The number of rotatable bonds is 5. The van der Waals surface area contributed by atoms with Gasteiger partial charge in [-0.15, -0.1) is 10.2 Å². The number of allylic oxidation sites excluding steroid dienone is 2. The first-order valence-electron chi connectivity index (χ1n) is 8.64. The molecule has 0 saturated heterocycles. The summed E-state index contributed by atoms with van der Waals surface area (Å²) in [7, 11) is 0. The summed E-state index contributed by atoms with van der Waals surface area (Å²) in [6.07, 6.45) is 4.31. The Kier molecular flexibility index (Phi) is 6.84. The van der Waals surface area contributed by atoms with E-state index in [0.717, 1.165) is 5.56 Å². The van der Waals surface area contributed by atoms with Crippen molar-refractivity contribution in [3.63, 3.8) is 0 Å². The van der Waals surface area contributed by atoms with Crippen molar-refractivity contribution in [1.82, 2.24) is 14.6 Å². The molecule has 0 aliphatic rings. The van der Waals surface area contributed by atoms with Gasteiger partial charge in [-0.1, -0.05) is 34.7 Å². The second kappa shape index (κ2) is 9.10. The van der Waals surface area contributed by atoms with Crippen molar-refractivity contribution in [2.24, 2.45) is 5.21 Å². The fourth-order valence-electron chi connectivity index (χ4n) is 2.17.